The zero-order valence-corrected chi connectivity index (χ0v) is 11.1. The van der Waals surface area contributed by atoms with E-state index in [0.717, 1.165) is 32.5 Å². The van der Waals surface area contributed by atoms with Gasteiger partial charge in [0.2, 0.25) is 0 Å². The van der Waals surface area contributed by atoms with Crippen molar-refractivity contribution in [3.63, 3.8) is 0 Å². The van der Waals surface area contributed by atoms with Crippen molar-refractivity contribution in [2.75, 3.05) is 19.7 Å². The lowest BCUT2D eigenvalue weighted by molar-refractivity contribution is -0.0462. The summed E-state index contributed by atoms with van der Waals surface area (Å²) in [5.41, 5.74) is 0. The summed E-state index contributed by atoms with van der Waals surface area (Å²) in [6.07, 6.45) is 8.44. The molecule has 1 heterocycles. The molecule has 2 fully saturated rings. The Labute approximate surface area is 105 Å². The number of ether oxygens (including phenoxy) is 1. The predicted octanol–water partition coefficient (Wildman–Crippen LogP) is 2.18. The van der Waals surface area contributed by atoms with Crippen LogP contribution in [-0.2, 0) is 4.74 Å². The molecule has 0 spiro atoms. The van der Waals surface area contributed by atoms with Gasteiger partial charge < -0.3 is 9.84 Å². The molecule has 0 radical (unpaired) electrons. The molecule has 0 aromatic rings. The maximum Gasteiger partial charge on any atom is 0.0702 e. The topological polar surface area (TPSA) is 32.7 Å². The van der Waals surface area contributed by atoms with E-state index in [1.54, 1.807) is 0 Å². The van der Waals surface area contributed by atoms with Crippen molar-refractivity contribution in [2.24, 2.45) is 0 Å². The van der Waals surface area contributed by atoms with Crippen LogP contribution in [0.25, 0.3) is 0 Å². The molecule has 1 N–H and O–H groups in total. The van der Waals surface area contributed by atoms with Crippen molar-refractivity contribution in [1.29, 1.82) is 0 Å². The van der Waals surface area contributed by atoms with E-state index in [4.69, 9.17) is 4.74 Å². The van der Waals surface area contributed by atoms with Gasteiger partial charge >= 0.3 is 0 Å². The summed E-state index contributed by atoms with van der Waals surface area (Å²) in [4.78, 5) is 2.48. The minimum Gasteiger partial charge on any atom is -0.391 e. The molecule has 2 aliphatic rings. The summed E-state index contributed by atoms with van der Waals surface area (Å²) in [5.74, 6) is 0. The van der Waals surface area contributed by atoms with Crippen LogP contribution in [-0.4, -0.2) is 48.0 Å². The minimum atomic E-state index is -0.103. The van der Waals surface area contributed by atoms with Crippen LogP contribution in [0.2, 0.25) is 0 Å². The van der Waals surface area contributed by atoms with Crippen molar-refractivity contribution >= 4 is 0 Å². The molecule has 1 saturated carbocycles. The van der Waals surface area contributed by atoms with Crippen LogP contribution in [0.15, 0.2) is 0 Å². The van der Waals surface area contributed by atoms with Crippen LogP contribution in [0, 0.1) is 0 Å². The average molecular weight is 241 g/mol. The molecule has 1 unspecified atom stereocenters. The average Bonchev–Trinajstić information content (AvgIpc) is 2.37. The zero-order valence-electron chi connectivity index (χ0n) is 11.1. The molecule has 0 bridgehead atoms. The Bertz CT molecular complexity index is 222. The van der Waals surface area contributed by atoms with Crippen LogP contribution in [0.3, 0.4) is 0 Å². The second-order valence-corrected chi connectivity index (χ2v) is 5.55. The summed E-state index contributed by atoms with van der Waals surface area (Å²) < 4.78 is 5.87. The van der Waals surface area contributed by atoms with E-state index in [9.17, 15) is 5.11 Å². The molecular formula is C14H27NO2. The largest absolute Gasteiger partial charge is 0.391 e. The number of hydrogen-bond acceptors (Lipinski definition) is 3. The Hall–Kier alpha value is -0.120. The van der Waals surface area contributed by atoms with E-state index >= 15 is 0 Å². The zero-order chi connectivity index (χ0) is 12.1. The van der Waals surface area contributed by atoms with Crippen molar-refractivity contribution in [1.82, 2.24) is 4.90 Å². The number of nitrogens with zero attached hydrogens (tertiary/aromatic N) is 1. The molecule has 100 valence electrons. The van der Waals surface area contributed by atoms with Crippen LogP contribution >= 0.6 is 0 Å². The first-order valence-corrected chi connectivity index (χ1v) is 7.35. The van der Waals surface area contributed by atoms with Crippen LogP contribution in [0.4, 0.5) is 0 Å². The quantitative estimate of drug-likeness (QED) is 0.819. The number of rotatable bonds is 4. The minimum absolute atomic E-state index is 0.103. The predicted molar refractivity (Wildman–Crippen MR) is 69.1 cm³/mol. The van der Waals surface area contributed by atoms with E-state index in [1.165, 1.54) is 32.1 Å². The Morgan fingerprint density at radius 1 is 1.18 bits per heavy atom. The molecule has 3 nitrogen and oxygen atoms in total. The van der Waals surface area contributed by atoms with Gasteiger partial charge in [0.25, 0.3) is 0 Å². The first-order valence-electron chi connectivity index (χ1n) is 7.35. The maximum absolute atomic E-state index is 10.1. The fourth-order valence-corrected chi connectivity index (χ4v) is 3.21. The van der Waals surface area contributed by atoms with Gasteiger partial charge in [0, 0.05) is 19.2 Å². The Morgan fingerprint density at radius 3 is 2.76 bits per heavy atom. The van der Waals surface area contributed by atoms with Gasteiger partial charge in [-0.05, 0) is 38.6 Å². The number of likely N-dealkylation sites (tertiary alicyclic amines) is 1. The van der Waals surface area contributed by atoms with Gasteiger partial charge in [0.15, 0.2) is 0 Å². The first-order chi connectivity index (χ1) is 8.31. The molecule has 1 saturated heterocycles. The molecule has 0 aromatic heterocycles. The van der Waals surface area contributed by atoms with Gasteiger partial charge in [-0.3, -0.25) is 4.90 Å². The van der Waals surface area contributed by atoms with E-state index in [0.29, 0.717) is 12.1 Å². The Balaban J connectivity index is 1.83. The highest BCUT2D eigenvalue weighted by Crippen LogP contribution is 2.26. The summed E-state index contributed by atoms with van der Waals surface area (Å²) in [5, 5.41) is 10.1. The highest BCUT2D eigenvalue weighted by atomic mass is 16.5. The van der Waals surface area contributed by atoms with Gasteiger partial charge in [0.1, 0.15) is 0 Å². The highest BCUT2D eigenvalue weighted by molar-refractivity contribution is 4.86. The van der Waals surface area contributed by atoms with Gasteiger partial charge in [0.05, 0.1) is 12.2 Å². The number of hydrogen-bond donors (Lipinski definition) is 1. The summed E-state index contributed by atoms with van der Waals surface area (Å²) in [7, 11) is 0. The van der Waals surface area contributed by atoms with Gasteiger partial charge in [-0.25, -0.2) is 0 Å². The first kappa shape index (κ1) is 13.3. The second-order valence-electron chi connectivity index (χ2n) is 5.55. The van der Waals surface area contributed by atoms with Gasteiger partial charge in [-0.1, -0.05) is 19.8 Å². The standard InChI is InChI=1S/C14H27NO2/c1-2-10-17-12-6-5-9-15(11-12)13-7-3-4-8-14(13)16/h12-14,16H,2-11H2,1H3/t12?,13-,14-/m0/s1. The normalized spacial score (nSPS) is 36.0. The van der Waals surface area contributed by atoms with Crippen LogP contribution < -0.4 is 0 Å². The molecule has 1 aliphatic heterocycles. The fourth-order valence-electron chi connectivity index (χ4n) is 3.21. The van der Waals surface area contributed by atoms with E-state index in [1.807, 2.05) is 0 Å². The van der Waals surface area contributed by atoms with E-state index in [2.05, 4.69) is 11.8 Å². The van der Waals surface area contributed by atoms with Crippen molar-refractivity contribution in [3.05, 3.63) is 0 Å². The van der Waals surface area contributed by atoms with Crippen molar-refractivity contribution < 1.29 is 9.84 Å². The Morgan fingerprint density at radius 2 is 2.00 bits per heavy atom. The molecule has 2 rings (SSSR count). The van der Waals surface area contributed by atoms with Crippen molar-refractivity contribution in [3.8, 4) is 0 Å². The molecule has 3 heteroatoms. The third kappa shape index (κ3) is 3.67. The molecule has 1 aliphatic carbocycles. The van der Waals surface area contributed by atoms with Gasteiger partial charge in [-0.15, -0.1) is 0 Å². The van der Waals surface area contributed by atoms with E-state index in [-0.39, 0.29) is 6.10 Å². The summed E-state index contributed by atoms with van der Waals surface area (Å²) in [6.45, 7) is 5.21. The molecular weight excluding hydrogens is 214 g/mol. The number of aliphatic hydroxyl groups excluding tert-OH is 1. The van der Waals surface area contributed by atoms with Crippen LogP contribution in [0.1, 0.15) is 51.9 Å². The second kappa shape index (κ2) is 6.72. The lowest BCUT2D eigenvalue weighted by Gasteiger charge is -2.42. The number of piperidine rings is 1. The summed E-state index contributed by atoms with van der Waals surface area (Å²) in [6, 6.07) is 0.400. The molecule has 0 aromatic carbocycles. The maximum atomic E-state index is 10.1. The van der Waals surface area contributed by atoms with Crippen molar-refractivity contribution in [2.45, 2.75) is 70.1 Å². The highest BCUT2D eigenvalue weighted by Gasteiger charge is 2.32. The summed E-state index contributed by atoms with van der Waals surface area (Å²) >= 11 is 0. The third-order valence-electron chi connectivity index (χ3n) is 4.13. The van der Waals surface area contributed by atoms with E-state index < -0.39 is 0 Å². The SMILES string of the molecule is CCCOC1CCCN([C@H]2CCCC[C@@H]2O)C1. The monoisotopic (exact) mass is 241 g/mol. The van der Waals surface area contributed by atoms with Crippen LogP contribution in [0.5, 0.6) is 0 Å². The third-order valence-corrected chi connectivity index (χ3v) is 4.13. The van der Waals surface area contributed by atoms with Gasteiger partial charge in [-0.2, -0.15) is 0 Å². The Kier molecular flexibility index (Phi) is 5.26. The molecule has 17 heavy (non-hydrogen) atoms. The molecule has 0 amide bonds. The number of aliphatic hydroxyl groups is 1. The lowest BCUT2D eigenvalue weighted by Crippen LogP contribution is -2.51. The fraction of sp³-hybridized carbons (Fsp3) is 1.00. The lowest BCUT2D eigenvalue weighted by atomic mass is 9.90. The molecule has 3 atom stereocenters. The smallest absolute Gasteiger partial charge is 0.0702 e.